The molecular weight excluding hydrogens is 434 g/mol. The molecule has 0 unspecified atom stereocenters. The first-order chi connectivity index (χ1) is 16.1. The third kappa shape index (κ3) is 3.74. The van der Waals surface area contributed by atoms with Crippen LogP contribution in [0.25, 0.3) is 0 Å². The second-order valence-corrected chi connectivity index (χ2v) is 8.29. The summed E-state index contributed by atoms with van der Waals surface area (Å²) >= 11 is 5.85. The van der Waals surface area contributed by atoms with E-state index in [-0.39, 0.29) is 12.1 Å². The number of hydrogen-bond acceptors (Lipinski definition) is 5. The van der Waals surface area contributed by atoms with Gasteiger partial charge in [0.15, 0.2) is 5.11 Å². The fourth-order valence-electron chi connectivity index (χ4n) is 4.55. The molecule has 1 aromatic carbocycles. The first kappa shape index (κ1) is 21.1. The summed E-state index contributed by atoms with van der Waals surface area (Å²) < 4.78 is 9.62. The number of ether oxygens (including phenoxy) is 1. The van der Waals surface area contributed by atoms with Gasteiger partial charge < -0.3 is 15.0 Å². The van der Waals surface area contributed by atoms with Crippen LogP contribution < -0.4 is 15.0 Å². The summed E-state index contributed by atoms with van der Waals surface area (Å²) in [5.74, 6) is 0.836. The smallest absolute Gasteiger partial charge is 0.174 e. The van der Waals surface area contributed by atoms with Crippen molar-refractivity contribution in [1.29, 1.82) is 0 Å². The molecule has 5 rings (SSSR count). The topological polar surface area (TPSA) is 73.0 Å². The van der Waals surface area contributed by atoms with E-state index < -0.39 is 0 Å². The molecule has 33 heavy (non-hydrogen) atoms. The number of hydrogen-bond donors (Lipinski definition) is 1. The molecule has 0 saturated carbocycles. The molecule has 168 valence electrons. The second-order valence-electron chi connectivity index (χ2n) is 7.90. The molecule has 1 saturated heterocycles. The van der Waals surface area contributed by atoms with Crippen LogP contribution in [0.15, 0.2) is 67.4 Å². The van der Waals surface area contributed by atoms with Crippen molar-refractivity contribution in [2.24, 2.45) is 0 Å². The lowest BCUT2D eigenvalue weighted by atomic mass is 9.96. The summed E-state index contributed by atoms with van der Waals surface area (Å²) in [5, 5.41) is 12.1. The molecule has 1 fully saturated rings. The molecule has 4 heterocycles. The Labute approximate surface area is 197 Å². The van der Waals surface area contributed by atoms with Gasteiger partial charge in [0.05, 0.1) is 24.4 Å². The average Bonchev–Trinajstić information content (AvgIpc) is 3.53. The molecule has 1 aliphatic rings. The van der Waals surface area contributed by atoms with Crippen LogP contribution in [-0.4, -0.2) is 36.3 Å². The van der Waals surface area contributed by atoms with Crippen molar-refractivity contribution in [2.45, 2.75) is 32.9 Å². The van der Waals surface area contributed by atoms with E-state index >= 15 is 0 Å². The van der Waals surface area contributed by atoms with Crippen molar-refractivity contribution in [2.75, 3.05) is 11.5 Å². The Bertz CT molecular complexity index is 1250. The minimum Gasteiger partial charge on any atom is -0.494 e. The normalized spacial score (nSPS) is 17.9. The van der Waals surface area contributed by atoms with Crippen molar-refractivity contribution in [3.63, 3.8) is 0 Å². The highest BCUT2D eigenvalue weighted by atomic mass is 32.1. The lowest BCUT2D eigenvalue weighted by Gasteiger charge is -2.28. The summed E-state index contributed by atoms with van der Waals surface area (Å²) in [6.45, 7) is 6.79. The Kier molecular flexibility index (Phi) is 5.55. The largest absolute Gasteiger partial charge is 0.494 e. The maximum Gasteiger partial charge on any atom is 0.174 e. The van der Waals surface area contributed by atoms with E-state index in [4.69, 9.17) is 17.0 Å². The van der Waals surface area contributed by atoms with Crippen LogP contribution in [0.5, 0.6) is 5.75 Å². The molecule has 1 aliphatic heterocycles. The molecular formula is C24H25N7OS. The van der Waals surface area contributed by atoms with E-state index in [1.165, 1.54) is 0 Å². The molecule has 3 aromatic heterocycles. The average molecular weight is 460 g/mol. The molecule has 2 atom stereocenters. The van der Waals surface area contributed by atoms with Crippen LogP contribution in [0.4, 0.5) is 5.69 Å². The maximum absolute atomic E-state index is 5.85. The minimum atomic E-state index is -0.111. The van der Waals surface area contributed by atoms with Gasteiger partial charge in [-0.2, -0.15) is 0 Å². The number of rotatable bonds is 6. The van der Waals surface area contributed by atoms with Crippen LogP contribution in [0.3, 0.4) is 0 Å². The van der Waals surface area contributed by atoms with Crippen molar-refractivity contribution in [1.82, 2.24) is 29.9 Å². The van der Waals surface area contributed by atoms with Crippen LogP contribution in [0.1, 0.15) is 41.7 Å². The van der Waals surface area contributed by atoms with Gasteiger partial charge in [-0.05, 0) is 75.5 Å². The number of aryl methyl sites for hydroxylation is 1. The summed E-state index contributed by atoms with van der Waals surface area (Å²) in [7, 11) is 0. The van der Waals surface area contributed by atoms with Gasteiger partial charge in [-0.25, -0.2) is 4.68 Å². The van der Waals surface area contributed by atoms with E-state index in [0.29, 0.717) is 11.7 Å². The molecule has 0 amide bonds. The van der Waals surface area contributed by atoms with E-state index in [2.05, 4.69) is 50.0 Å². The van der Waals surface area contributed by atoms with E-state index in [1.807, 2.05) is 60.3 Å². The Hall–Kier alpha value is -3.72. The number of anilines is 1. The van der Waals surface area contributed by atoms with Gasteiger partial charge in [0.2, 0.25) is 0 Å². The van der Waals surface area contributed by atoms with Crippen LogP contribution in [-0.2, 0) is 0 Å². The zero-order valence-electron chi connectivity index (χ0n) is 18.7. The highest BCUT2D eigenvalue weighted by Gasteiger charge is 2.42. The fraction of sp³-hybridized carbons (Fsp3) is 0.250. The molecule has 1 N–H and O–H groups in total. The fourth-order valence-corrected chi connectivity index (χ4v) is 4.90. The Balaban J connectivity index is 1.64. The van der Waals surface area contributed by atoms with Gasteiger partial charge in [0.25, 0.3) is 0 Å². The van der Waals surface area contributed by atoms with Crippen molar-refractivity contribution in [3.05, 3.63) is 90.0 Å². The van der Waals surface area contributed by atoms with Gasteiger partial charge >= 0.3 is 0 Å². The predicted octanol–water partition coefficient (Wildman–Crippen LogP) is 3.98. The van der Waals surface area contributed by atoms with Gasteiger partial charge in [-0.15, -0.1) is 10.2 Å². The van der Waals surface area contributed by atoms with Gasteiger partial charge in [-0.3, -0.25) is 9.66 Å². The zero-order chi connectivity index (χ0) is 22.9. The van der Waals surface area contributed by atoms with Crippen molar-refractivity contribution >= 4 is 23.0 Å². The molecule has 0 spiro atoms. The van der Waals surface area contributed by atoms with Crippen molar-refractivity contribution in [3.8, 4) is 5.75 Å². The highest BCUT2D eigenvalue weighted by molar-refractivity contribution is 7.80. The monoisotopic (exact) mass is 459 g/mol. The number of nitrogens with zero attached hydrogens (tertiary/aromatic N) is 6. The summed E-state index contributed by atoms with van der Waals surface area (Å²) in [5.41, 5.74) is 5.24. The Morgan fingerprint density at radius 1 is 1.06 bits per heavy atom. The summed E-state index contributed by atoms with van der Waals surface area (Å²) in [6, 6.07) is 16.0. The quantitative estimate of drug-likeness (QED) is 0.437. The first-order valence-corrected chi connectivity index (χ1v) is 11.3. The molecule has 8 nitrogen and oxygen atoms in total. The predicted molar refractivity (Wildman–Crippen MR) is 130 cm³/mol. The number of benzene rings is 1. The highest BCUT2D eigenvalue weighted by Crippen LogP contribution is 2.43. The first-order valence-electron chi connectivity index (χ1n) is 10.9. The van der Waals surface area contributed by atoms with Crippen LogP contribution in [0.2, 0.25) is 0 Å². The Morgan fingerprint density at radius 2 is 1.82 bits per heavy atom. The number of pyridine rings is 1. The Morgan fingerprint density at radius 3 is 2.48 bits per heavy atom. The summed E-state index contributed by atoms with van der Waals surface area (Å²) in [6.07, 6.45) is 5.21. The summed E-state index contributed by atoms with van der Waals surface area (Å²) in [4.78, 5) is 6.81. The molecule has 0 radical (unpaired) electrons. The SMILES string of the molecule is CCOc1ccc(N2C(=S)N[C@H](c3ccccn3)[C@H]2c2cc(C)n(-n3cnnc3)c2C)cc1. The molecule has 0 aliphatic carbocycles. The number of nitrogens with one attached hydrogen (secondary N) is 1. The number of thiocarbonyl (C=S) groups is 1. The molecule has 0 bridgehead atoms. The lowest BCUT2D eigenvalue weighted by molar-refractivity contribution is 0.340. The number of aromatic nitrogens is 5. The minimum absolute atomic E-state index is 0.0956. The van der Waals surface area contributed by atoms with E-state index in [9.17, 15) is 0 Å². The van der Waals surface area contributed by atoms with Gasteiger partial charge in [0.1, 0.15) is 18.4 Å². The van der Waals surface area contributed by atoms with Crippen molar-refractivity contribution < 1.29 is 4.74 Å². The third-order valence-electron chi connectivity index (χ3n) is 5.91. The lowest BCUT2D eigenvalue weighted by Crippen LogP contribution is -2.29. The zero-order valence-corrected chi connectivity index (χ0v) is 19.5. The maximum atomic E-state index is 5.85. The third-order valence-corrected chi connectivity index (χ3v) is 6.23. The van der Waals surface area contributed by atoms with Crippen LogP contribution in [0, 0.1) is 13.8 Å². The van der Waals surface area contributed by atoms with E-state index in [1.54, 1.807) is 12.7 Å². The van der Waals surface area contributed by atoms with E-state index in [0.717, 1.165) is 34.1 Å². The van der Waals surface area contributed by atoms with Gasteiger partial charge in [0, 0.05) is 28.8 Å². The molecule has 4 aromatic rings. The standard InChI is InChI=1S/C24H25N7OS/c1-4-32-19-10-8-18(9-11-19)30-23(22(28-24(30)33)21-7-5-6-12-25-21)20-13-16(2)31(17(20)3)29-14-26-27-15-29/h5-15,22-23H,4H2,1-3H3,(H,28,33)/t22-,23-/m1/s1. The second kappa shape index (κ2) is 8.67. The van der Waals surface area contributed by atoms with Crippen LogP contribution >= 0.6 is 12.2 Å². The molecule has 9 heteroatoms. The van der Waals surface area contributed by atoms with Gasteiger partial charge in [-0.1, -0.05) is 6.07 Å².